The van der Waals surface area contributed by atoms with E-state index in [1.54, 1.807) is 0 Å². The first-order chi connectivity index (χ1) is 11.2. The first-order valence-corrected chi connectivity index (χ1v) is 11.0. The van der Waals surface area contributed by atoms with Crippen LogP contribution in [0.25, 0.3) is 0 Å². The van der Waals surface area contributed by atoms with Gasteiger partial charge in [-0.25, -0.2) is 4.98 Å². The Morgan fingerprint density at radius 1 is 1.13 bits per heavy atom. The van der Waals surface area contributed by atoms with Crippen molar-refractivity contribution in [1.82, 2.24) is 9.55 Å². The van der Waals surface area contributed by atoms with Crippen molar-refractivity contribution in [1.29, 1.82) is 0 Å². The standard InChI is InChI=1S/C18H24Br2N2S/c1-2-3-4-5-6-13-23-17(15-7-9-16(19)10-8-15)18(20)22-12-11-21-14-22/h7-12,14,17-18H,2-6,13H2,1H3. The van der Waals surface area contributed by atoms with Crippen LogP contribution in [0, 0.1) is 0 Å². The summed E-state index contributed by atoms with van der Waals surface area (Å²) < 4.78 is 3.26. The van der Waals surface area contributed by atoms with Gasteiger partial charge >= 0.3 is 0 Å². The van der Waals surface area contributed by atoms with E-state index in [4.69, 9.17) is 0 Å². The predicted octanol–water partition coefficient (Wildman–Crippen LogP) is 6.98. The molecule has 0 spiro atoms. The molecule has 5 heteroatoms. The maximum Gasteiger partial charge on any atom is 0.106 e. The molecule has 2 rings (SSSR count). The van der Waals surface area contributed by atoms with E-state index in [2.05, 4.69) is 72.6 Å². The van der Waals surface area contributed by atoms with Gasteiger partial charge in [0, 0.05) is 16.9 Å². The Hall–Kier alpha value is -0.260. The molecular weight excluding hydrogens is 436 g/mol. The summed E-state index contributed by atoms with van der Waals surface area (Å²) in [4.78, 5) is 4.39. The Kier molecular flexibility index (Phi) is 8.77. The van der Waals surface area contributed by atoms with Crippen molar-refractivity contribution >= 4 is 43.6 Å². The van der Waals surface area contributed by atoms with Crippen LogP contribution in [-0.2, 0) is 0 Å². The lowest BCUT2D eigenvalue weighted by Gasteiger charge is -2.24. The summed E-state index contributed by atoms with van der Waals surface area (Å²) in [5.74, 6) is 1.20. The number of aromatic nitrogens is 2. The van der Waals surface area contributed by atoms with E-state index in [9.17, 15) is 0 Å². The number of unbranched alkanes of at least 4 members (excludes halogenated alkanes) is 4. The highest BCUT2D eigenvalue weighted by atomic mass is 79.9. The number of hydrogen-bond acceptors (Lipinski definition) is 2. The molecule has 1 heterocycles. The van der Waals surface area contributed by atoms with E-state index in [-0.39, 0.29) is 4.95 Å². The van der Waals surface area contributed by atoms with Crippen molar-refractivity contribution in [3.63, 3.8) is 0 Å². The van der Waals surface area contributed by atoms with Crippen molar-refractivity contribution in [3.05, 3.63) is 53.0 Å². The normalized spacial score (nSPS) is 13.9. The van der Waals surface area contributed by atoms with Crippen molar-refractivity contribution in [3.8, 4) is 0 Å². The molecule has 0 saturated carbocycles. The summed E-state index contributed by atoms with van der Waals surface area (Å²) in [5, 5.41) is 0.378. The van der Waals surface area contributed by atoms with Gasteiger partial charge in [0.2, 0.25) is 0 Å². The van der Waals surface area contributed by atoms with Gasteiger partial charge in [-0.15, -0.1) is 0 Å². The SMILES string of the molecule is CCCCCCCSC(c1ccc(Br)cc1)C(Br)n1ccnc1. The summed E-state index contributed by atoms with van der Waals surface area (Å²) >= 11 is 9.43. The van der Waals surface area contributed by atoms with Crippen molar-refractivity contribution in [2.75, 3.05) is 5.75 Å². The van der Waals surface area contributed by atoms with Crippen molar-refractivity contribution in [2.45, 2.75) is 49.2 Å². The van der Waals surface area contributed by atoms with Crippen LogP contribution in [-0.4, -0.2) is 15.3 Å². The lowest BCUT2D eigenvalue weighted by atomic mass is 10.1. The number of hydrogen-bond donors (Lipinski definition) is 0. The van der Waals surface area contributed by atoms with Crippen LogP contribution in [0.2, 0.25) is 0 Å². The molecule has 1 aromatic heterocycles. The maximum atomic E-state index is 4.18. The van der Waals surface area contributed by atoms with Gasteiger partial charge in [0.1, 0.15) is 4.95 Å². The minimum atomic E-state index is 0.215. The van der Waals surface area contributed by atoms with Gasteiger partial charge in [0.15, 0.2) is 0 Å². The summed E-state index contributed by atoms with van der Waals surface area (Å²) in [6.07, 6.45) is 12.4. The fraction of sp³-hybridized carbons (Fsp3) is 0.500. The van der Waals surface area contributed by atoms with Gasteiger partial charge in [-0.05, 0) is 29.9 Å². The van der Waals surface area contributed by atoms with Crippen LogP contribution >= 0.6 is 43.6 Å². The van der Waals surface area contributed by atoms with E-state index in [0.29, 0.717) is 5.25 Å². The van der Waals surface area contributed by atoms with E-state index < -0.39 is 0 Å². The molecule has 0 aliphatic rings. The minimum Gasteiger partial charge on any atom is -0.323 e. The molecule has 0 saturated heterocycles. The summed E-state index contributed by atoms with van der Waals surface area (Å²) in [5.41, 5.74) is 1.35. The Balaban J connectivity index is 1.98. The number of imidazole rings is 1. The summed E-state index contributed by atoms with van der Waals surface area (Å²) in [7, 11) is 0. The van der Waals surface area contributed by atoms with Gasteiger partial charge in [0.05, 0.1) is 11.6 Å². The minimum absolute atomic E-state index is 0.215. The molecule has 0 aliphatic carbocycles. The molecule has 0 bridgehead atoms. The van der Waals surface area contributed by atoms with Crippen molar-refractivity contribution < 1.29 is 0 Å². The second kappa shape index (κ2) is 10.6. The zero-order valence-corrected chi connectivity index (χ0v) is 17.5. The first kappa shape index (κ1) is 19.1. The zero-order chi connectivity index (χ0) is 16.5. The third-order valence-corrected chi connectivity index (χ3v) is 7.10. The summed E-state index contributed by atoms with van der Waals surface area (Å²) in [6, 6.07) is 8.67. The Morgan fingerprint density at radius 2 is 1.87 bits per heavy atom. The molecule has 0 aliphatic heterocycles. The first-order valence-electron chi connectivity index (χ1n) is 8.21. The quantitative estimate of drug-likeness (QED) is 0.281. The Morgan fingerprint density at radius 3 is 2.52 bits per heavy atom. The molecule has 0 fully saturated rings. The van der Waals surface area contributed by atoms with E-state index >= 15 is 0 Å². The lowest BCUT2D eigenvalue weighted by Crippen LogP contribution is -2.09. The second-order valence-corrected chi connectivity index (χ2v) is 8.74. The summed E-state index contributed by atoms with van der Waals surface area (Å²) in [6.45, 7) is 2.26. The lowest BCUT2D eigenvalue weighted by molar-refractivity contribution is 0.654. The molecule has 0 radical (unpaired) electrons. The fourth-order valence-electron chi connectivity index (χ4n) is 2.47. The number of benzene rings is 1. The molecule has 2 unspecified atom stereocenters. The van der Waals surface area contributed by atoms with Crippen LogP contribution < -0.4 is 0 Å². The van der Waals surface area contributed by atoms with E-state index in [0.717, 1.165) is 4.47 Å². The van der Waals surface area contributed by atoms with E-state index in [1.165, 1.54) is 43.4 Å². The van der Waals surface area contributed by atoms with Gasteiger partial charge < -0.3 is 4.57 Å². The van der Waals surface area contributed by atoms with Crippen LogP contribution in [0.3, 0.4) is 0 Å². The largest absolute Gasteiger partial charge is 0.323 e. The molecule has 23 heavy (non-hydrogen) atoms. The van der Waals surface area contributed by atoms with Gasteiger partial charge in [-0.3, -0.25) is 0 Å². The Bertz CT molecular complexity index is 543. The highest BCUT2D eigenvalue weighted by Crippen LogP contribution is 2.43. The monoisotopic (exact) mass is 458 g/mol. The molecule has 0 N–H and O–H groups in total. The predicted molar refractivity (Wildman–Crippen MR) is 108 cm³/mol. The number of rotatable bonds is 10. The zero-order valence-electron chi connectivity index (χ0n) is 13.5. The van der Waals surface area contributed by atoms with Gasteiger partial charge in [0.25, 0.3) is 0 Å². The average Bonchev–Trinajstić information content (AvgIpc) is 3.09. The number of alkyl halides is 1. The number of halogens is 2. The average molecular weight is 460 g/mol. The Labute approximate surface area is 160 Å². The smallest absolute Gasteiger partial charge is 0.106 e. The highest BCUT2D eigenvalue weighted by Gasteiger charge is 2.22. The fourth-order valence-corrected chi connectivity index (χ4v) is 5.02. The van der Waals surface area contributed by atoms with Crippen LogP contribution in [0.5, 0.6) is 0 Å². The molecule has 1 aromatic carbocycles. The van der Waals surface area contributed by atoms with Gasteiger partial charge in [-0.1, -0.05) is 76.6 Å². The topological polar surface area (TPSA) is 17.8 Å². The number of thioether (sulfide) groups is 1. The van der Waals surface area contributed by atoms with Crippen LogP contribution in [0.15, 0.2) is 47.5 Å². The third-order valence-electron chi connectivity index (χ3n) is 3.80. The highest BCUT2D eigenvalue weighted by molar-refractivity contribution is 9.10. The molecule has 2 nitrogen and oxygen atoms in total. The van der Waals surface area contributed by atoms with Crippen LogP contribution in [0.4, 0.5) is 0 Å². The van der Waals surface area contributed by atoms with Crippen LogP contribution in [0.1, 0.15) is 54.8 Å². The molecule has 2 atom stereocenters. The third kappa shape index (κ3) is 6.28. The number of nitrogens with zero attached hydrogens (tertiary/aromatic N) is 2. The van der Waals surface area contributed by atoms with Gasteiger partial charge in [-0.2, -0.15) is 11.8 Å². The second-order valence-electron chi connectivity index (χ2n) is 5.64. The molecular formula is C18H24Br2N2S. The van der Waals surface area contributed by atoms with Crippen molar-refractivity contribution in [2.24, 2.45) is 0 Å². The molecule has 126 valence electrons. The maximum absolute atomic E-state index is 4.18. The molecule has 0 amide bonds. The van der Waals surface area contributed by atoms with E-state index in [1.807, 2.05) is 30.5 Å². The molecule has 2 aromatic rings.